The van der Waals surface area contributed by atoms with Crippen LogP contribution in [0.15, 0.2) is 48.5 Å². The van der Waals surface area contributed by atoms with Gasteiger partial charge in [-0.3, -0.25) is 4.90 Å². The Morgan fingerprint density at radius 3 is 2.52 bits per heavy atom. The fourth-order valence-corrected chi connectivity index (χ4v) is 3.55. The molecule has 1 aromatic heterocycles. The first kappa shape index (κ1) is 18.1. The van der Waals surface area contributed by atoms with Crippen LogP contribution in [0.2, 0.25) is 0 Å². The van der Waals surface area contributed by atoms with E-state index in [9.17, 15) is 4.39 Å². The Balaban J connectivity index is 1.61. The average molecular weight is 383 g/mol. The van der Waals surface area contributed by atoms with Crippen molar-refractivity contribution in [3.63, 3.8) is 0 Å². The van der Waals surface area contributed by atoms with Crippen molar-refractivity contribution in [1.82, 2.24) is 19.2 Å². The highest BCUT2D eigenvalue weighted by molar-refractivity contribution is 7.71. The topological polar surface area (TPSA) is 26.0 Å². The van der Waals surface area contributed by atoms with Crippen LogP contribution in [-0.2, 0) is 20.3 Å². The van der Waals surface area contributed by atoms with Crippen LogP contribution in [0, 0.1) is 17.5 Å². The number of hydrogen-bond donors (Lipinski definition) is 0. The Morgan fingerprint density at radius 2 is 1.85 bits per heavy atom. The Morgan fingerprint density at radius 1 is 1.15 bits per heavy atom. The summed E-state index contributed by atoms with van der Waals surface area (Å²) < 4.78 is 17.8. The molecule has 3 aromatic rings. The highest BCUT2D eigenvalue weighted by atomic mass is 32.1. The van der Waals surface area contributed by atoms with Crippen molar-refractivity contribution in [1.29, 1.82) is 0 Å². The highest BCUT2D eigenvalue weighted by Crippen LogP contribution is 2.29. The molecule has 1 heterocycles. The molecule has 27 heavy (non-hydrogen) atoms. The normalized spacial score (nSPS) is 14.1. The molecule has 2 aromatic carbocycles. The minimum atomic E-state index is -0.202. The molecule has 4 rings (SSSR count). The van der Waals surface area contributed by atoms with E-state index in [2.05, 4.69) is 24.0 Å². The fraction of sp³-hybridized carbons (Fsp3) is 0.333. The molecule has 0 N–H and O–H groups in total. The second-order valence-electron chi connectivity index (χ2n) is 7.23. The molecule has 1 saturated carbocycles. The van der Waals surface area contributed by atoms with Gasteiger partial charge in [0.1, 0.15) is 5.82 Å². The van der Waals surface area contributed by atoms with Crippen LogP contribution >= 0.6 is 12.2 Å². The number of hydrogen-bond acceptors (Lipinski definition) is 3. The van der Waals surface area contributed by atoms with Gasteiger partial charge in [-0.15, -0.1) is 0 Å². The van der Waals surface area contributed by atoms with Gasteiger partial charge in [0.15, 0.2) is 10.6 Å². The molecule has 0 spiro atoms. The zero-order valence-electron chi connectivity index (χ0n) is 15.6. The first-order valence-corrected chi connectivity index (χ1v) is 9.62. The summed E-state index contributed by atoms with van der Waals surface area (Å²) in [5.41, 5.74) is 3.38. The lowest BCUT2D eigenvalue weighted by Gasteiger charge is -2.21. The largest absolute Gasteiger partial charge is 0.303 e. The molecule has 0 radical (unpaired) electrons. The van der Waals surface area contributed by atoms with E-state index in [1.807, 2.05) is 40.6 Å². The van der Waals surface area contributed by atoms with Gasteiger partial charge in [0.05, 0.1) is 6.67 Å². The van der Waals surface area contributed by atoms with Crippen molar-refractivity contribution < 1.29 is 4.39 Å². The highest BCUT2D eigenvalue weighted by Gasteiger charge is 2.30. The minimum Gasteiger partial charge on any atom is -0.303 e. The number of aryl methyl sites for hydroxylation is 1. The maximum Gasteiger partial charge on any atom is 0.199 e. The smallest absolute Gasteiger partial charge is 0.199 e. The van der Waals surface area contributed by atoms with Crippen LogP contribution in [0.5, 0.6) is 0 Å². The van der Waals surface area contributed by atoms with Crippen LogP contribution in [0.1, 0.15) is 24.0 Å². The van der Waals surface area contributed by atoms with E-state index < -0.39 is 0 Å². The summed E-state index contributed by atoms with van der Waals surface area (Å²) in [5.74, 6) is 0.683. The lowest BCUT2D eigenvalue weighted by Crippen LogP contribution is -2.29. The van der Waals surface area contributed by atoms with Crippen molar-refractivity contribution >= 4 is 12.2 Å². The summed E-state index contributed by atoms with van der Waals surface area (Å²) in [5, 5.41) is 4.82. The van der Waals surface area contributed by atoms with Gasteiger partial charge in [-0.2, -0.15) is 5.10 Å². The van der Waals surface area contributed by atoms with E-state index in [4.69, 9.17) is 17.3 Å². The van der Waals surface area contributed by atoms with E-state index in [-0.39, 0.29) is 5.82 Å². The fourth-order valence-electron chi connectivity index (χ4n) is 3.37. The summed E-state index contributed by atoms with van der Waals surface area (Å²) in [6.45, 7) is 3.49. The molecule has 0 saturated heterocycles. The Hall–Kier alpha value is -2.31. The molecule has 0 unspecified atom stereocenters. The predicted octanol–water partition coefficient (Wildman–Crippen LogP) is 4.69. The minimum absolute atomic E-state index is 0.202. The standard InChI is InChI=1S/C21H23FN4S/c1-15-5-3-4-6-19(15)20-23-26(21(27)24(20)2)14-25(18-11-12-18)13-16-7-9-17(22)10-8-16/h3-10,18H,11-14H2,1-2H3. The van der Waals surface area contributed by atoms with Gasteiger partial charge < -0.3 is 4.57 Å². The molecule has 1 fully saturated rings. The van der Waals surface area contributed by atoms with Gasteiger partial charge in [0.25, 0.3) is 0 Å². The summed E-state index contributed by atoms with van der Waals surface area (Å²) in [7, 11) is 1.97. The van der Waals surface area contributed by atoms with Gasteiger partial charge in [-0.1, -0.05) is 36.4 Å². The van der Waals surface area contributed by atoms with Crippen LogP contribution < -0.4 is 0 Å². The van der Waals surface area contributed by atoms with Crippen molar-refractivity contribution in [2.45, 2.75) is 39.0 Å². The summed E-state index contributed by atoms with van der Waals surface area (Å²) in [4.78, 5) is 2.37. The average Bonchev–Trinajstić information content (AvgIpc) is 3.47. The first-order valence-electron chi connectivity index (χ1n) is 9.21. The quantitative estimate of drug-likeness (QED) is 0.579. The third-order valence-corrected chi connectivity index (χ3v) is 5.59. The van der Waals surface area contributed by atoms with E-state index in [1.54, 1.807) is 0 Å². The number of aromatic nitrogens is 3. The Labute approximate surface area is 163 Å². The van der Waals surface area contributed by atoms with E-state index in [0.29, 0.717) is 17.5 Å². The second-order valence-corrected chi connectivity index (χ2v) is 7.59. The Kier molecular flexibility index (Phi) is 4.93. The van der Waals surface area contributed by atoms with E-state index in [1.165, 1.54) is 30.5 Å². The molecule has 0 aliphatic heterocycles. The summed E-state index contributed by atoms with van der Waals surface area (Å²) in [6, 6.07) is 15.5. The molecule has 1 aliphatic rings. The maximum atomic E-state index is 13.2. The van der Waals surface area contributed by atoms with Gasteiger partial charge in [0, 0.05) is 25.2 Å². The molecule has 0 amide bonds. The monoisotopic (exact) mass is 382 g/mol. The van der Waals surface area contributed by atoms with Gasteiger partial charge in [-0.05, 0) is 55.2 Å². The Bertz CT molecular complexity index is 1000. The van der Waals surface area contributed by atoms with Crippen LogP contribution in [0.25, 0.3) is 11.4 Å². The summed E-state index contributed by atoms with van der Waals surface area (Å²) >= 11 is 5.65. The zero-order chi connectivity index (χ0) is 19.0. The molecule has 6 heteroatoms. The van der Waals surface area contributed by atoms with E-state index in [0.717, 1.165) is 23.5 Å². The van der Waals surface area contributed by atoms with Crippen LogP contribution in [0.4, 0.5) is 4.39 Å². The number of rotatable bonds is 6. The third kappa shape index (κ3) is 3.87. The summed E-state index contributed by atoms with van der Waals surface area (Å²) in [6.07, 6.45) is 2.37. The molecule has 0 atom stereocenters. The van der Waals surface area contributed by atoms with Crippen molar-refractivity contribution in [3.05, 3.63) is 70.2 Å². The molecular formula is C21H23FN4S. The lowest BCUT2D eigenvalue weighted by molar-refractivity contribution is 0.186. The zero-order valence-corrected chi connectivity index (χ0v) is 16.4. The van der Waals surface area contributed by atoms with Gasteiger partial charge >= 0.3 is 0 Å². The van der Waals surface area contributed by atoms with Crippen molar-refractivity contribution in [2.75, 3.05) is 0 Å². The molecule has 1 aliphatic carbocycles. The maximum absolute atomic E-state index is 13.2. The molecule has 140 valence electrons. The van der Waals surface area contributed by atoms with Crippen molar-refractivity contribution in [2.24, 2.45) is 7.05 Å². The van der Waals surface area contributed by atoms with Crippen LogP contribution in [-0.4, -0.2) is 25.3 Å². The number of nitrogens with zero attached hydrogens (tertiary/aromatic N) is 4. The predicted molar refractivity (Wildman–Crippen MR) is 107 cm³/mol. The first-order chi connectivity index (χ1) is 13.0. The van der Waals surface area contributed by atoms with Gasteiger partial charge in [0.2, 0.25) is 0 Å². The van der Waals surface area contributed by atoms with Crippen molar-refractivity contribution in [3.8, 4) is 11.4 Å². The number of halogens is 1. The molecule has 4 nitrogen and oxygen atoms in total. The second kappa shape index (κ2) is 7.37. The van der Waals surface area contributed by atoms with Crippen LogP contribution in [0.3, 0.4) is 0 Å². The SMILES string of the molecule is Cc1ccccc1-c1nn(CN(Cc2ccc(F)cc2)C2CC2)c(=S)n1C. The van der Waals surface area contributed by atoms with E-state index >= 15 is 0 Å². The number of benzene rings is 2. The lowest BCUT2D eigenvalue weighted by atomic mass is 10.1. The molecular weight excluding hydrogens is 359 g/mol. The van der Waals surface area contributed by atoms with Gasteiger partial charge in [-0.25, -0.2) is 9.07 Å². The molecule has 0 bridgehead atoms. The third-order valence-electron chi connectivity index (χ3n) is 5.10.